The Morgan fingerprint density at radius 2 is 1.91 bits per heavy atom. The molecule has 43 heavy (non-hydrogen) atoms. The van der Waals surface area contributed by atoms with E-state index in [0.29, 0.717) is 55.3 Å². The van der Waals surface area contributed by atoms with Gasteiger partial charge in [-0.15, -0.1) is 11.8 Å². The molecule has 0 saturated carbocycles. The highest BCUT2D eigenvalue weighted by Gasteiger charge is 2.35. The van der Waals surface area contributed by atoms with Gasteiger partial charge < -0.3 is 14.7 Å². The van der Waals surface area contributed by atoms with Crippen molar-refractivity contribution in [3.05, 3.63) is 35.0 Å². The second kappa shape index (κ2) is 13.8. The number of hydrogen-bond acceptors (Lipinski definition) is 8. The zero-order chi connectivity index (χ0) is 30.8. The second-order valence-corrected chi connectivity index (χ2v) is 15.0. The first-order chi connectivity index (χ1) is 20.4. The number of β-amino-alcohol motifs (C(OH)–C–C–N with tert-alkyl or cyclic N) is 1. The van der Waals surface area contributed by atoms with Gasteiger partial charge in [-0.2, -0.15) is 22.6 Å². The summed E-state index contributed by atoms with van der Waals surface area (Å²) in [5.41, 5.74) is 1.78. The summed E-state index contributed by atoms with van der Waals surface area (Å²) in [6.45, 7) is 7.67. The third kappa shape index (κ3) is 8.13. The molecule has 1 aromatic carbocycles. The van der Waals surface area contributed by atoms with E-state index in [-0.39, 0.29) is 30.6 Å². The lowest BCUT2D eigenvalue weighted by molar-refractivity contribution is -0.139. The van der Waals surface area contributed by atoms with Crippen LogP contribution in [-0.4, -0.2) is 114 Å². The zero-order valence-corrected chi connectivity index (χ0v) is 26.5. The molecule has 0 bridgehead atoms. The van der Waals surface area contributed by atoms with E-state index in [0.717, 1.165) is 50.5 Å². The van der Waals surface area contributed by atoms with Gasteiger partial charge in [0.1, 0.15) is 0 Å². The monoisotopic (exact) mass is 645 g/mol. The van der Waals surface area contributed by atoms with E-state index in [1.165, 1.54) is 34.6 Å². The van der Waals surface area contributed by atoms with Crippen molar-refractivity contribution < 1.29 is 31.4 Å². The predicted molar refractivity (Wildman–Crippen MR) is 160 cm³/mol. The number of sulfonamides is 1. The first-order valence-corrected chi connectivity index (χ1v) is 17.8. The number of aliphatic hydroxyl groups is 1. The fourth-order valence-corrected chi connectivity index (χ4v) is 8.10. The largest absolute Gasteiger partial charge is 0.417 e. The van der Waals surface area contributed by atoms with Gasteiger partial charge in [0.2, 0.25) is 10.0 Å². The van der Waals surface area contributed by atoms with Gasteiger partial charge in [0, 0.05) is 72.7 Å². The number of alkyl halides is 3. The molecule has 2 aromatic rings. The topological polar surface area (TPSA) is 91.1 Å². The number of likely N-dealkylation sites (tertiary alicyclic amines) is 1. The highest BCUT2D eigenvalue weighted by molar-refractivity contribution is 7.99. The number of halogens is 3. The lowest BCUT2D eigenvalue weighted by Gasteiger charge is -2.33. The Labute approximate surface area is 256 Å². The van der Waals surface area contributed by atoms with Crippen LogP contribution >= 0.6 is 11.8 Å². The number of aromatic nitrogens is 2. The van der Waals surface area contributed by atoms with Crippen molar-refractivity contribution in [2.45, 2.75) is 68.9 Å². The summed E-state index contributed by atoms with van der Waals surface area (Å²) in [6.07, 6.45) is -0.219. The Morgan fingerprint density at radius 1 is 1.14 bits per heavy atom. The lowest BCUT2D eigenvalue weighted by Crippen LogP contribution is -2.44. The van der Waals surface area contributed by atoms with Gasteiger partial charge in [-0.1, -0.05) is 12.5 Å². The number of benzene rings is 1. The molecule has 1 aromatic heterocycles. The summed E-state index contributed by atoms with van der Waals surface area (Å²) in [5.74, 6) is 0.480. The first-order valence-electron chi connectivity index (χ1n) is 15.0. The molecule has 14 heteroatoms. The molecule has 3 aliphatic heterocycles. The van der Waals surface area contributed by atoms with Crippen molar-refractivity contribution in [3.8, 4) is 11.3 Å². The van der Waals surface area contributed by atoms with Crippen LogP contribution in [0.1, 0.15) is 43.0 Å². The molecule has 3 aliphatic rings. The van der Waals surface area contributed by atoms with Crippen LogP contribution in [0.15, 0.2) is 23.1 Å². The van der Waals surface area contributed by atoms with Gasteiger partial charge in [-0.3, -0.25) is 9.58 Å². The quantitative estimate of drug-likeness (QED) is 0.393. The van der Waals surface area contributed by atoms with Crippen molar-refractivity contribution in [1.82, 2.24) is 23.9 Å². The average molecular weight is 646 g/mol. The van der Waals surface area contributed by atoms with Crippen molar-refractivity contribution in [1.29, 1.82) is 0 Å². The van der Waals surface area contributed by atoms with E-state index >= 15 is 0 Å². The Kier molecular flexibility index (Phi) is 10.5. The van der Waals surface area contributed by atoms with Crippen molar-refractivity contribution in [3.63, 3.8) is 0 Å². The maximum atomic E-state index is 14.1. The smallest absolute Gasteiger partial charge is 0.390 e. The summed E-state index contributed by atoms with van der Waals surface area (Å²) in [5, 5.41) is 15.8. The Morgan fingerprint density at radius 3 is 2.60 bits per heavy atom. The highest BCUT2D eigenvalue weighted by Crippen LogP contribution is 2.40. The molecule has 0 unspecified atom stereocenters. The van der Waals surface area contributed by atoms with E-state index in [1.54, 1.807) is 4.68 Å². The minimum atomic E-state index is -4.52. The van der Waals surface area contributed by atoms with Crippen LogP contribution in [0.25, 0.3) is 11.3 Å². The zero-order valence-electron chi connectivity index (χ0n) is 24.9. The van der Waals surface area contributed by atoms with Crippen LogP contribution in [0.2, 0.25) is 0 Å². The van der Waals surface area contributed by atoms with Crippen molar-refractivity contribution >= 4 is 21.8 Å². The maximum Gasteiger partial charge on any atom is 0.417 e. The summed E-state index contributed by atoms with van der Waals surface area (Å²) < 4.78 is 75.6. The number of thioether (sulfide) groups is 1. The third-order valence-corrected chi connectivity index (χ3v) is 10.9. The number of rotatable bonds is 10. The lowest BCUT2D eigenvalue weighted by atomic mass is 10.0. The summed E-state index contributed by atoms with van der Waals surface area (Å²) >= 11 is 1.17. The van der Waals surface area contributed by atoms with Gasteiger partial charge in [0.05, 0.1) is 43.4 Å². The molecule has 2 saturated heterocycles. The normalized spacial score (nSPS) is 22.0. The van der Waals surface area contributed by atoms with Gasteiger partial charge >= 0.3 is 6.18 Å². The standard InChI is InChI=1S/C29H42F3N5O4S2/c1-21-20-41-14-12-35(21)13-15-42-27-16-22(6-7-25(27)29(30,31)32)28-24-19-36(43(2,39)40)11-8-26(24)37(33-28)18-23(38)17-34-9-4-3-5-10-34/h6-7,16,21,23,38H,3-5,8-15,17-20H2,1-2H3/t21-,23-/m0/s1. The fourth-order valence-electron chi connectivity index (χ4n) is 6.22. The van der Waals surface area contributed by atoms with Gasteiger partial charge in [-0.05, 0) is 45.0 Å². The molecule has 240 valence electrons. The Hall–Kier alpha value is -1.68. The minimum absolute atomic E-state index is 0.0874. The molecule has 2 atom stereocenters. The number of fused-ring (bicyclic) bond motifs is 1. The molecule has 0 aliphatic carbocycles. The molecule has 4 heterocycles. The first kappa shape index (κ1) is 32.7. The maximum absolute atomic E-state index is 14.1. The predicted octanol–water partition coefficient (Wildman–Crippen LogP) is 3.55. The molecule has 2 fully saturated rings. The van der Waals surface area contributed by atoms with Gasteiger partial charge in [-0.25, -0.2) is 8.42 Å². The van der Waals surface area contributed by atoms with Crippen molar-refractivity contribution in [2.75, 3.05) is 64.5 Å². The van der Waals surface area contributed by atoms with Gasteiger partial charge in [0.15, 0.2) is 0 Å². The summed E-state index contributed by atoms with van der Waals surface area (Å²) in [4.78, 5) is 4.59. The Bertz CT molecular complexity index is 1360. The number of morpholine rings is 1. The van der Waals surface area contributed by atoms with E-state index in [2.05, 4.69) is 9.80 Å². The van der Waals surface area contributed by atoms with Crippen LogP contribution in [0.5, 0.6) is 0 Å². The number of ether oxygens (including phenoxy) is 1. The molecule has 1 N–H and O–H groups in total. The molecular formula is C29H42F3N5O4S2. The number of aliphatic hydroxyl groups excluding tert-OH is 1. The highest BCUT2D eigenvalue weighted by atomic mass is 32.2. The van der Waals surface area contributed by atoms with Crippen LogP contribution in [0, 0.1) is 0 Å². The number of piperidine rings is 1. The fraction of sp³-hybridized carbons (Fsp3) is 0.690. The van der Waals surface area contributed by atoms with Crippen molar-refractivity contribution in [2.24, 2.45) is 0 Å². The van der Waals surface area contributed by atoms with E-state index in [9.17, 15) is 26.7 Å². The molecule has 0 spiro atoms. The minimum Gasteiger partial charge on any atom is -0.390 e. The van der Waals surface area contributed by atoms with Crippen LogP contribution in [0.3, 0.4) is 0 Å². The van der Waals surface area contributed by atoms with Gasteiger partial charge in [0.25, 0.3) is 0 Å². The van der Waals surface area contributed by atoms with Crippen LogP contribution in [-0.2, 0) is 40.4 Å². The van der Waals surface area contributed by atoms with E-state index in [1.807, 2.05) is 6.92 Å². The van der Waals surface area contributed by atoms with Crippen LogP contribution in [0.4, 0.5) is 13.2 Å². The molecule has 0 radical (unpaired) electrons. The molecule has 5 rings (SSSR count). The third-order valence-electron chi connectivity index (χ3n) is 8.57. The number of nitrogens with zero attached hydrogens (tertiary/aromatic N) is 5. The molecule has 9 nitrogen and oxygen atoms in total. The number of hydrogen-bond donors (Lipinski definition) is 1. The Balaban J connectivity index is 1.43. The second-order valence-electron chi connectivity index (χ2n) is 11.8. The average Bonchev–Trinajstić information content (AvgIpc) is 3.31. The SMILES string of the molecule is C[C@H]1COCCN1CCSc1cc(-c2nn(C[C@@H](O)CN3CCCCC3)c3c2CN(S(C)(=O)=O)CC3)ccc1C(F)(F)F. The molecule has 0 amide bonds. The van der Waals surface area contributed by atoms with Crippen LogP contribution < -0.4 is 0 Å². The molecular weight excluding hydrogens is 603 g/mol. The summed E-state index contributed by atoms with van der Waals surface area (Å²) in [6, 6.07) is 4.27. The van der Waals surface area contributed by atoms with E-state index < -0.39 is 27.9 Å². The summed E-state index contributed by atoms with van der Waals surface area (Å²) in [7, 11) is -3.49. The van der Waals surface area contributed by atoms with E-state index in [4.69, 9.17) is 9.84 Å².